The van der Waals surface area contributed by atoms with Crippen LogP contribution in [0, 0.1) is 0 Å². The Labute approximate surface area is 113 Å². The number of alkyl halides is 3. The molecule has 1 atom stereocenters. The number of anilines is 2. The minimum Gasteiger partial charge on any atom is -0.381 e. The Morgan fingerprint density at radius 2 is 2.05 bits per heavy atom. The lowest BCUT2D eigenvalue weighted by atomic mass is 10.0. The molecule has 2 aliphatic heterocycles. The zero-order chi connectivity index (χ0) is 13.6. The highest BCUT2D eigenvalue weighted by Gasteiger charge is 2.36. The van der Waals surface area contributed by atoms with Crippen LogP contribution in [0.3, 0.4) is 0 Å². The van der Waals surface area contributed by atoms with Gasteiger partial charge in [0.1, 0.15) is 0 Å². The van der Waals surface area contributed by atoms with E-state index in [0.29, 0.717) is 12.2 Å². The van der Waals surface area contributed by atoms with Gasteiger partial charge in [-0.05, 0) is 12.1 Å². The van der Waals surface area contributed by atoms with E-state index >= 15 is 0 Å². The maximum atomic E-state index is 12.8. The van der Waals surface area contributed by atoms with Gasteiger partial charge in [-0.15, -0.1) is 0 Å². The first-order chi connectivity index (χ1) is 8.97. The molecule has 2 heterocycles. The van der Waals surface area contributed by atoms with Gasteiger partial charge < -0.3 is 15.5 Å². The Bertz CT molecular complexity index is 504. The van der Waals surface area contributed by atoms with Gasteiger partial charge in [0.2, 0.25) is 0 Å². The number of piperazine rings is 1. The first kappa shape index (κ1) is 12.9. The van der Waals surface area contributed by atoms with Crippen molar-refractivity contribution in [3.8, 4) is 0 Å². The van der Waals surface area contributed by atoms with Crippen LogP contribution in [0.2, 0.25) is 5.02 Å². The molecule has 7 heteroatoms. The average molecular weight is 292 g/mol. The van der Waals surface area contributed by atoms with Crippen LogP contribution < -0.4 is 15.5 Å². The van der Waals surface area contributed by atoms with Crippen LogP contribution in [0.25, 0.3) is 0 Å². The fourth-order valence-corrected chi connectivity index (χ4v) is 2.91. The van der Waals surface area contributed by atoms with Crippen LogP contribution in [-0.2, 0) is 6.18 Å². The number of nitrogens with zero attached hydrogens (tertiary/aromatic N) is 1. The number of hydrogen-bond donors (Lipinski definition) is 2. The molecule has 3 rings (SSSR count). The number of benzene rings is 1. The van der Waals surface area contributed by atoms with E-state index in [0.717, 1.165) is 31.4 Å². The predicted octanol–water partition coefficient (Wildman–Crippen LogP) is 2.56. The molecule has 0 spiro atoms. The Balaban J connectivity index is 2.04. The molecule has 1 aromatic carbocycles. The van der Waals surface area contributed by atoms with E-state index in [1.807, 2.05) is 0 Å². The first-order valence-corrected chi connectivity index (χ1v) is 6.46. The summed E-state index contributed by atoms with van der Waals surface area (Å²) in [6, 6.07) is 2.79. The number of rotatable bonds is 0. The van der Waals surface area contributed by atoms with Crippen LogP contribution in [0.5, 0.6) is 0 Å². The van der Waals surface area contributed by atoms with Crippen molar-refractivity contribution in [1.29, 1.82) is 0 Å². The molecule has 2 aliphatic rings. The second kappa shape index (κ2) is 4.45. The maximum absolute atomic E-state index is 12.8. The molecule has 2 N–H and O–H groups in total. The Kier molecular flexibility index (Phi) is 3.02. The third-order valence-electron chi connectivity index (χ3n) is 3.58. The summed E-state index contributed by atoms with van der Waals surface area (Å²) in [6.07, 6.45) is -4.42. The molecule has 1 fully saturated rings. The molecule has 0 saturated carbocycles. The fourth-order valence-electron chi connectivity index (χ4n) is 2.65. The van der Waals surface area contributed by atoms with Crippen molar-refractivity contribution in [1.82, 2.24) is 5.32 Å². The van der Waals surface area contributed by atoms with Gasteiger partial charge in [-0.1, -0.05) is 11.6 Å². The minimum absolute atomic E-state index is 0.243. The van der Waals surface area contributed by atoms with E-state index in [-0.39, 0.29) is 11.1 Å². The quantitative estimate of drug-likeness (QED) is 0.769. The molecule has 0 bridgehead atoms. The lowest BCUT2D eigenvalue weighted by molar-refractivity contribution is -0.137. The van der Waals surface area contributed by atoms with Crippen molar-refractivity contribution in [3.63, 3.8) is 0 Å². The molecule has 0 amide bonds. The average Bonchev–Trinajstić information content (AvgIpc) is 2.36. The SMILES string of the molecule is FC(F)(F)c1cc2c(cc1Cl)N1CCNC[C@@H]1CN2. The molecule has 1 saturated heterocycles. The summed E-state index contributed by atoms with van der Waals surface area (Å²) >= 11 is 5.79. The van der Waals surface area contributed by atoms with Crippen LogP contribution in [-0.4, -0.2) is 32.2 Å². The van der Waals surface area contributed by atoms with E-state index < -0.39 is 11.7 Å². The van der Waals surface area contributed by atoms with Gasteiger partial charge in [-0.2, -0.15) is 13.2 Å². The van der Waals surface area contributed by atoms with Gasteiger partial charge in [0.05, 0.1) is 28.0 Å². The number of fused-ring (bicyclic) bond motifs is 3. The lowest BCUT2D eigenvalue weighted by Gasteiger charge is -2.43. The monoisotopic (exact) mass is 291 g/mol. The van der Waals surface area contributed by atoms with Crippen molar-refractivity contribution < 1.29 is 13.2 Å². The van der Waals surface area contributed by atoms with Gasteiger partial charge in [-0.25, -0.2) is 0 Å². The summed E-state index contributed by atoms with van der Waals surface area (Å²) in [5.74, 6) is 0. The molecule has 19 heavy (non-hydrogen) atoms. The second-order valence-corrected chi connectivity index (χ2v) is 5.19. The van der Waals surface area contributed by atoms with Gasteiger partial charge in [-0.3, -0.25) is 0 Å². The summed E-state index contributed by atoms with van der Waals surface area (Å²) < 4.78 is 38.4. The van der Waals surface area contributed by atoms with E-state index in [9.17, 15) is 13.2 Å². The summed E-state index contributed by atoms with van der Waals surface area (Å²) in [5.41, 5.74) is 0.486. The molecule has 104 valence electrons. The summed E-state index contributed by atoms with van der Waals surface area (Å²) in [5, 5.41) is 6.09. The van der Waals surface area contributed by atoms with Gasteiger partial charge in [0.25, 0.3) is 0 Å². The Morgan fingerprint density at radius 3 is 2.79 bits per heavy atom. The number of hydrogen-bond acceptors (Lipinski definition) is 3. The van der Waals surface area contributed by atoms with Crippen LogP contribution in [0.1, 0.15) is 5.56 Å². The normalized spacial score (nSPS) is 22.5. The lowest BCUT2D eigenvalue weighted by Crippen LogP contribution is -2.56. The zero-order valence-electron chi connectivity index (χ0n) is 10.0. The summed E-state index contributed by atoms with van der Waals surface area (Å²) in [7, 11) is 0. The van der Waals surface area contributed by atoms with E-state index in [1.54, 1.807) is 0 Å². The molecule has 0 unspecified atom stereocenters. The third-order valence-corrected chi connectivity index (χ3v) is 3.89. The van der Waals surface area contributed by atoms with E-state index in [4.69, 9.17) is 11.6 Å². The van der Waals surface area contributed by atoms with E-state index in [1.165, 1.54) is 6.07 Å². The molecule has 3 nitrogen and oxygen atoms in total. The maximum Gasteiger partial charge on any atom is 0.417 e. The van der Waals surface area contributed by atoms with Crippen molar-refractivity contribution >= 4 is 23.0 Å². The minimum atomic E-state index is -4.42. The zero-order valence-corrected chi connectivity index (χ0v) is 10.8. The van der Waals surface area contributed by atoms with Crippen LogP contribution in [0.4, 0.5) is 24.5 Å². The highest BCUT2D eigenvalue weighted by Crippen LogP contribution is 2.42. The molecule has 0 radical (unpaired) electrons. The molecule has 0 aliphatic carbocycles. The molecule has 0 aromatic heterocycles. The number of halogens is 4. The van der Waals surface area contributed by atoms with Gasteiger partial charge >= 0.3 is 6.18 Å². The highest BCUT2D eigenvalue weighted by molar-refractivity contribution is 6.32. The van der Waals surface area contributed by atoms with Crippen LogP contribution in [0.15, 0.2) is 12.1 Å². The topological polar surface area (TPSA) is 27.3 Å². The van der Waals surface area contributed by atoms with Crippen molar-refractivity contribution in [2.75, 3.05) is 36.4 Å². The summed E-state index contributed by atoms with van der Waals surface area (Å²) in [6.45, 7) is 3.07. The molecule has 1 aromatic rings. The largest absolute Gasteiger partial charge is 0.417 e. The van der Waals surface area contributed by atoms with Crippen LogP contribution >= 0.6 is 11.6 Å². The molecular formula is C12H13ClF3N3. The number of nitrogens with one attached hydrogen (secondary N) is 2. The smallest absolute Gasteiger partial charge is 0.381 e. The predicted molar refractivity (Wildman–Crippen MR) is 68.9 cm³/mol. The summed E-state index contributed by atoms with van der Waals surface area (Å²) in [4.78, 5) is 2.12. The Morgan fingerprint density at radius 1 is 1.26 bits per heavy atom. The Hall–Kier alpha value is -1.14. The van der Waals surface area contributed by atoms with Crippen molar-refractivity contribution in [2.24, 2.45) is 0 Å². The van der Waals surface area contributed by atoms with Gasteiger partial charge in [0, 0.05) is 26.2 Å². The third kappa shape index (κ3) is 2.23. The fraction of sp³-hybridized carbons (Fsp3) is 0.500. The molecular weight excluding hydrogens is 279 g/mol. The highest BCUT2D eigenvalue weighted by atomic mass is 35.5. The van der Waals surface area contributed by atoms with Crippen molar-refractivity contribution in [2.45, 2.75) is 12.2 Å². The first-order valence-electron chi connectivity index (χ1n) is 6.09. The van der Waals surface area contributed by atoms with Crippen molar-refractivity contribution in [3.05, 3.63) is 22.7 Å². The standard InChI is InChI=1S/C12H13ClF3N3/c13-9-4-11-10(3-8(9)12(14,15)16)18-6-7-5-17-1-2-19(7)11/h3-4,7,17-18H,1-2,5-6H2/t7-/m1/s1. The van der Waals surface area contributed by atoms with E-state index in [2.05, 4.69) is 15.5 Å². The van der Waals surface area contributed by atoms with Gasteiger partial charge in [0.15, 0.2) is 0 Å². The second-order valence-electron chi connectivity index (χ2n) is 4.78.